The first-order chi connectivity index (χ1) is 0. The van der Waals surface area contributed by atoms with Crippen LogP contribution in [0, 0.1) is 0 Å². The summed E-state index contributed by atoms with van der Waals surface area (Å²) in [7, 11) is 0. The third-order valence-corrected chi connectivity index (χ3v) is 0. The zero-order chi connectivity index (χ0) is 0. The van der Waals surface area contributed by atoms with E-state index in [-0.39, 0.29) is 50.4 Å². The molecule has 0 heterocycles. The third kappa shape index (κ3) is 10.9. The van der Waals surface area contributed by atoms with Gasteiger partial charge < -0.3 is 11.0 Å². The van der Waals surface area contributed by atoms with Gasteiger partial charge in [-0.2, -0.15) is 0 Å². The van der Waals surface area contributed by atoms with Gasteiger partial charge in [-0.1, -0.05) is 0 Å². The van der Waals surface area contributed by atoms with Crippen LogP contribution in [0.3, 0.4) is 0 Å². The first-order valence-electron chi connectivity index (χ1n) is 0. The Hall–Kier alpha value is 1.18. The molecular formula is MnNbO2+3. The van der Waals surface area contributed by atoms with Crippen molar-refractivity contribution >= 4 is 0 Å². The fraction of sp³-hybridized carbons (Fsp3) is 0. The van der Waals surface area contributed by atoms with E-state index < -0.39 is 0 Å². The SMILES string of the molecule is [Mn+2].[Nb+5].[O-2].[O-2]. The van der Waals surface area contributed by atoms with Gasteiger partial charge in [-0.25, -0.2) is 0 Å². The normalized spacial score (nSPS) is 0. The van der Waals surface area contributed by atoms with Crippen LogP contribution < -0.4 is 0 Å². The minimum absolute atomic E-state index is 0. The molecular weight excluding hydrogens is 180 g/mol. The predicted molar refractivity (Wildman–Crippen MR) is 1.37 cm³/mol. The van der Waals surface area contributed by atoms with Crippen molar-refractivity contribution in [3.8, 4) is 0 Å². The van der Waals surface area contributed by atoms with Crippen LogP contribution in [0.25, 0.3) is 0 Å². The average Bonchev–Trinajstić information content (AvgIpc) is 0. The van der Waals surface area contributed by atoms with Crippen molar-refractivity contribution in [2.75, 3.05) is 0 Å². The van der Waals surface area contributed by atoms with E-state index in [1.807, 2.05) is 0 Å². The summed E-state index contributed by atoms with van der Waals surface area (Å²) in [5, 5.41) is 0. The molecule has 0 atom stereocenters. The quantitative estimate of drug-likeness (QED) is 0.461. The summed E-state index contributed by atoms with van der Waals surface area (Å²) < 4.78 is 0. The van der Waals surface area contributed by atoms with Gasteiger partial charge in [-0.05, 0) is 0 Å². The molecule has 0 saturated carbocycles. The van der Waals surface area contributed by atoms with Crippen molar-refractivity contribution in [3.05, 3.63) is 0 Å². The summed E-state index contributed by atoms with van der Waals surface area (Å²) in [6.45, 7) is 0. The van der Waals surface area contributed by atoms with Gasteiger partial charge in [0.2, 0.25) is 0 Å². The van der Waals surface area contributed by atoms with Gasteiger partial charge in [0.1, 0.15) is 0 Å². The van der Waals surface area contributed by atoms with Crippen LogP contribution in [0.2, 0.25) is 0 Å². The van der Waals surface area contributed by atoms with Crippen LogP contribution in [0.5, 0.6) is 0 Å². The van der Waals surface area contributed by atoms with E-state index >= 15 is 0 Å². The van der Waals surface area contributed by atoms with Crippen molar-refractivity contribution in [1.82, 2.24) is 0 Å². The Balaban J connectivity index is 0. The maximum atomic E-state index is 0. The molecule has 0 aromatic carbocycles. The van der Waals surface area contributed by atoms with Crippen LogP contribution in [-0.2, 0) is 50.4 Å². The zero-order valence-corrected chi connectivity index (χ0v) is 5.02. The Kier molecular flexibility index (Phi) is 494. The summed E-state index contributed by atoms with van der Waals surface area (Å²) in [5.41, 5.74) is 0. The van der Waals surface area contributed by atoms with E-state index in [1.165, 1.54) is 0 Å². The molecule has 0 bridgehead atoms. The molecule has 0 aliphatic rings. The van der Waals surface area contributed by atoms with Crippen LogP contribution in [0.15, 0.2) is 0 Å². The van der Waals surface area contributed by atoms with E-state index in [4.69, 9.17) is 0 Å². The second-order valence-corrected chi connectivity index (χ2v) is 0. The van der Waals surface area contributed by atoms with Crippen LogP contribution in [-0.4, -0.2) is 0 Å². The van der Waals surface area contributed by atoms with Crippen LogP contribution >= 0.6 is 0 Å². The zero-order valence-electron chi connectivity index (χ0n) is 1.64. The number of hydrogen-bond donors (Lipinski definition) is 0. The second-order valence-electron chi connectivity index (χ2n) is 0. The maximum absolute atomic E-state index is 0. The minimum atomic E-state index is 0. The average molecular weight is 180 g/mol. The minimum Gasteiger partial charge on any atom is -2.00 e. The Morgan fingerprint density at radius 1 is 0.750 bits per heavy atom. The van der Waals surface area contributed by atoms with Crippen molar-refractivity contribution in [2.45, 2.75) is 0 Å². The van der Waals surface area contributed by atoms with E-state index in [2.05, 4.69) is 0 Å². The Labute approximate surface area is 50.6 Å². The van der Waals surface area contributed by atoms with E-state index in [9.17, 15) is 0 Å². The molecule has 0 aliphatic heterocycles. The van der Waals surface area contributed by atoms with Crippen molar-refractivity contribution in [1.29, 1.82) is 0 Å². The Morgan fingerprint density at radius 2 is 0.750 bits per heavy atom. The molecule has 4 heavy (non-hydrogen) atoms. The van der Waals surface area contributed by atoms with Gasteiger partial charge >= 0.3 is 39.4 Å². The molecule has 2 nitrogen and oxygen atoms in total. The number of hydrogen-bond acceptors (Lipinski definition) is 0. The molecule has 0 rings (SSSR count). The molecule has 0 fully saturated rings. The van der Waals surface area contributed by atoms with Gasteiger partial charge in [0.25, 0.3) is 0 Å². The van der Waals surface area contributed by atoms with Crippen LogP contribution in [0.4, 0.5) is 0 Å². The topological polar surface area (TPSA) is 57.0 Å². The molecule has 0 aromatic rings. The fourth-order valence-corrected chi connectivity index (χ4v) is 0. The van der Waals surface area contributed by atoms with Crippen molar-refractivity contribution < 1.29 is 50.4 Å². The molecule has 21 valence electrons. The summed E-state index contributed by atoms with van der Waals surface area (Å²) in [6.07, 6.45) is 0. The van der Waals surface area contributed by atoms with Gasteiger partial charge in [0.05, 0.1) is 0 Å². The first-order valence-corrected chi connectivity index (χ1v) is 0. The summed E-state index contributed by atoms with van der Waals surface area (Å²) in [4.78, 5) is 0. The molecule has 0 spiro atoms. The third-order valence-electron chi connectivity index (χ3n) is 0. The Morgan fingerprint density at radius 3 is 0.750 bits per heavy atom. The molecule has 0 aromatic heterocycles. The summed E-state index contributed by atoms with van der Waals surface area (Å²) in [6, 6.07) is 0. The van der Waals surface area contributed by atoms with Crippen LogP contribution in [0.1, 0.15) is 0 Å². The summed E-state index contributed by atoms with van der Waals surface area (Å²) >= 11 is 0. The number of rotatable bonds is 0. The first kappa shape index (κ1) is 65.0. The summed E-state index contributed by atoms with van der Waals surface area (Å²) in [5.74, 6) is 0. The smallest absolute Gasteiger partial charge is 2.00 e. The predicted octanol–water partition coefficient (Wildman–Crippen LogP) is -0.243. The van der Waals surface area contributed by atoms with Crippen molar-refractivity contribution in [2.24, 2.45) is 0 Å². The maximum Gasteiger partial charge on any atom is 5.00 e. The van der Waals surface area contributed by atoms with Gasteiger partial charge in [-0.3, -0.25) is 0 Å². The van der Waals surface area contributed by atoms with E-state index in [0.717, 1.165) is 0 Å². The van der Waals surface area contributed by atoms with Crippen molar-refractivity contribution in [3.63, 3.8) is 0 Å². The fourth-order valence-electron chi connectivity index (χ4n) is 0. The molecule has 0 N–H and O–H groups in total. The Bertz CT molecular complexity index is 6.00. The standard InChI is InChI=1S/Mn.Nb.2O/q+2;+5;2*-2. The molecule has 1 radical (unpaired) electrons. The molecule has 0 amide bonds. The van der Waals surface area contributed by atoms with Gasteiger partial charge in [0, 0.05) is 0 Å². The van der Waals surface area contributed by atoms with Gasteiger partial charge in [0.15, 0.2) is 0 Å². The molecule has 4 heteroatoms. The molecule has 0 saturated heterocycles. The van der Waals surface area contributed by atoms with Gasteiger partial charge in [-0.15, -0.1) is 0 Å². The molecule has 0 unspecified atom stereocenters. The largest absolute Gasteiger partial charge is 5.00 e. The molecule has 0 aliphatic carbocycles. The second kappa shape index (κ2) is 30.4. The van der Waals surface area contributed by atoms with E-state index in [0.29, 0.717) is 0 Å². The van der Waals surface area contributed by atoms with E-state index in [1.54, 1.807) is 0 Å². The monoisotopic (exact) mass is 180 g/mol.